The van der Waals surface area contributed by atoms with Gasteiger partial charge in [-0.15, -0.1) is 0 Å². The third-order valence-electron chi connectivity index (χ3n) is 3.55. The van der Waals surface area contributed by atoms with E-state index in [1.165, 1.54) is 12.1 Å². The molecule has 1 saturated heterocycles. The quantitative estimate of drug-likeness (QED) is 0.788. The number of piperidine rings is 1. The number of Topliss-reactive ketones (excluding diaryl/α,β-unsaturated/α-hetero) is 1. The van der Waals surface area contributed by atoms with Gasteiger partial charge in [-0.1, -0.05) is 13.8 Å². The van der Waals surface area contributed by atoms with E-state index in [0.717, 1.165) is 6.42 Å². The lowest BCUT2D eigenvalue weighted by Crippen LogP contribution is -2.45. The molecule has 1 heterocycles. The van der Waals surface area contributed by atoms with Gasteiger partial charge in [0.05, 0.1) is 11.6 Å². The van der Waals surface area contributed by atoms with Crippen molar-refractivity contribution in [1.82, 2.24) is 0 Å². The zero-order chi connectivity index (χ0) is 14.9. The van der Waals surface area contributed by atoms with Gasteiger partial charge in [-0.3, -0.25) is 9.59 Å². The van der Waals surface area contributed by atoms with Gasteiger partial charge in [-0.25, -0.2) is 4.39 Å². The first-order chi connectivity index (χ1) is 9.41. The Balaban J connectivity index is 2.28. The number of carbonyl (C=O) groups is 2. The molecule has 2 rings (SSSR count). The normalized spacial score (nSPS) is 19.6. The fourth-order valence-electron chi connectivity index (χ4n) is 2.48. The summed E-state index contributed by atoms with van der Waals surface area (Å²) in [5.41, 5.74) is 0.623. The van der Waals surface area contributed by atoms with Crippen molar-refractivity contribution in [1.29, 1.82) is 0 Å². The Kier molecular flexibility index (Phi) is 4.58. The number of nitrogens with zero attached hydrogens (tertiary/aromatic N) is 1. The van der Waals surface area contributed by atoms with Crippen molar-refractivity contribution in [3.8, 4) is 0 Å². The van der Waals surface area contributed by atoms with Crippen LogP contribution in [0.2, 0.25) is 0 Å². The van der Waals surface area contributed by atoms with Crippen LogP contribution in [0, 0.1) is 17.7 Å². The molecule has 0 aliphatic carbocycles. The van der Waals surface area contributed by atoms with Gasteiger partial charge in [0.15, 0.2) is 0 Å². The van der Waals surface area contributed by atoms with E-state index in [-0.39, 0.29) is 23.4 Å². The molecule has 0 unspecified atom stereocenters. The summed E-state index contributed by atoms with van der Waals surface area (Å²) in [5, 5.41) is 0. The second kappa shape index (κ2) is 6.04. The molecule has 0 aromatic heterocycles. The van der Waals surface area contributed by atoms with Crippen molar-refractivity contribution in [2.24, 2.45) is 11.8 Å². The number of anilines is 1. The molecule has 1 fully saturated rings. The predicted molar refractivity (Wildman–Crippen MR) is 79.0 cm³/mol. The van der Waals surface area contributed by atoms with Crippen LogP contribution < -0.4 is 4.90 Å². The van der Waals surface area contributed by atoms with Crippen LogP contribution in [0.15, 0.2) is 22.7 Å². The molecule has 1 aromatic carbocycles. The summed E-state index contributed by atoms with van der Waals surface area (Å²) in [5.74, 6) is -1.28. The smallest absolute Gasteiger partial charge is 0.237 e. The first-order valence-corrected chi connectivity index (χ1v) is 7.51. The molecule has 108 valence electrons. The summed E-state index contributed by atoms with van der Waals surface area (Å²) in [6, 6.07) is 4.22. The average molecular weight is 342 g/mol. The zero-order valence-corrected chi connectivity index (χ0v) is 13.1. The summed E-state index contributed by atoms with van der Waals surface area (Å²) in [6.07, 6.45) is 1.38. The summed E-state index contributed by atoms with van der Waals surface area (Å²) >= 11 is 3.28. The fraction of sp³-hybridized carbons (Fsp3) is 0.467. The number of halogens is 2. The Morgan fingerprint density at radius 1 is 1.45 bits per heavy atom. The zero-order valence-electron chi connectivity index (χ0n) is 11.5. The van der Waals surface area contributed by atoms with Gasteiger partial charge in [0.2, 0.25) is 5.91 Å². The van der Waals surface area contributed by atoms with Gasteiger partial charge in [-0.2, -0.15) is 0 Å². The van der Waals surface area contributed by atoms with E-state index in [0.29, 0.717) is 23.1 Å². The maximum absolute atomic E-state index is 13.1. The maximum Gasteiger partial charge on any atom is 0.237 e. The first-order valence-electron chi connectivity index (χ1n) is 6.72. The molecule has 20 heavy (non-hydrogen) atoms. The molecule has 1 aromatic rings. The molecule has 1 aliphatic heterocycles. The van der Waals surface area contributed by atoms with Crippen molar-refractivity contribution in [2.45, 2.75) is 26.7 Å². The minimum Gasteiger partial charge on any atom is -0.311 e. The highest BCUT2D eigenvalue weighted by Gasteiger charge is 2.36. The average Bonchev–Trinajstić information content (AvgIpc) is 2.39. The van der Waals surface area contributed by atoms with Crippen molar-refractivity contribution >= 4 is 33.3 Å². The van der Waals surface area contributed by atoms with Crippen molar-refractivity contribution in [2.75, 3.05) is 11.4 Å². The number of hydrogen-bond acceptors (Lipinski definition) is 2. The van der Waals surface area contributed by atoms with E-state index in [2.05, 4.69) is 15.9 Å². The minimum atomic E-state index is -0.569. The third kappa shape index (κ3) is 2.92. The van der Waals surface area contributed by atoms with Crippen LogP contribution in [0.1, 0.15) is 26.7 Å². The number of amides is 1. The lowest BCUT2D eigenvalue weighted by Gasteiger charge is -2.32. The highest BCUT2D eigenvalue weighted by atomic mass is 79.9. The number of carbonyl (C=O) groups excluding carboxylic acids is 2. The number of ketones is 1. The molecule has 1 atom stereocenters. The topological polar surface area (TPSA) is 37.4 Å². The van der Waals surface area contributed by atoms with Crippen LogP contribution in [0.3, 0.4) is 0 Å². The summed E-state index contributed by atoms with van der Waals surface area (Å²) in [7, 11) is 0. The lowest BCUT2D eigenvalue weighted by molar-refractivity contribution is -0.135. The number of rotatable bonds is 3. The van der Waals surface area contributed by atoms with Gasteiger partial charge in [-0.05, 0) is 47.0 Å². The van der Waals surface area contributed by atoms with Crippen LogP contribution in [0.25, 0.3) is 0 Å². The van der Waals surface area contributed by atoms with Crippen LogP contribution in [0.5, 0.6) is 0 Å². The molecule has 3 nitrogen and oxygen atoms in total. The van der Waals surface area contributed by atoms with E-state index < -0.39 is 5.92 Å². The molecule has 1 aliphatic rings. The third-order valence-corrected chi connectivity index (χ3v) is 4.19. The molecule has 0 bridgehead atoms. The van der Waals surface area contributed by atoms with E-state index in [9.17, 15) is 14.0 Å². The second-order valence-corrected chi connectivity index (χ2v) is 6.19. The highest BCUT2D eigenvalue weighted by molar-refractivity contribution is 9.10. The van der Waals surface area contributed by atoms with Crippen molar-refractivity contribution in [3.63, 3.8) is 0 Å². The fourth-order valence-corrected chi connectivity index (χ4v) is 3.05. The Morgan fingerprint density at radius 3 is 2.75 bits per heavy atom. The van der Waals surface area contributed by atoms with E-state index in [1.54, 1.807) is 11.0 Å². The van der Waals surface area contributed by atoms with Gasteiger partial charge in [0.1, 0.15) is 11.6 Å². The predicted octanol–water partition coefficient (Wildman–Crippen LogP) is 3.56. The molecule has 0 radical (unpaired) electrons. The Labute approximate surface area is 126 Å². The van der Waals surface area contributed by atoms with E-state index >= 15 is 0 Å². The van der Waals surface area contributed by atoms with Gasteiger partial charge in [0.25, 0.3) is 0 Å². The van der Waals surface area contributed by atoms with Gasteiger partial charge in [0, 0.05) is 16.9 Å². The summed E-state index contributed by atoms with van der Waals surface area (Å²) in [4.78, 5) is 26.2. The monoisotopic (exact) mass is 341 g/mol. The molecular weight excluding hydrogens is 325 g/mol. The van der Waals surface area contributed by atoms with Crippen LogP contribution in [-0.2, 0) is 9.59 Å². The summed E-state index contributed by atoms with van der Waals surface area (Å²) < 4.78 is 13.7. The first kappa shape index (κ1) is 15.2. The molecular formula is C15H17BrFNO2. The largest absolute Gasteiger partial charge is 0.311 e. The molecule has 5 heteroatoms. The number of benzene rings is 1. The number of hydrogen-bond donors (Lipinski definition) is 0. The van der Waals surface area contributed by atoms with Crippen molar-refractivity contribution in [3.05, 3.63) is 28.5 Å². The SMILES string of the molecule is CC(C)C(=O)[C@@H]1CCCN(c2ccc(F)cc2Br)C1=O. The van der Waals surface area contributed by atoms with Crippen LogP contribution in [-0.4, -0.2) is 18.2 Å². The van der Waals surface area contributed by atoms with Crippen LogP contribution in [0.4, 0.5) is 10.1 Å². The van der Waals surface area contributed by atoms with E-state index in [4.69, 9.17) is 0 Å². The second-order valence-electron chi connectivity index (χ2n) is 5.34. The molecule has 1 amide bonds. The Morgan fingerprint density at radius 2 is 2.15 bits per heavy atom. The molecule has 0 N–H and O–H groups in total. The Bertz CT molecular complexity index is 545. The highest BCUT2D eigenvalue weighted by Crippen LogP contribution is 2.32. The van der Waals surface area contributed by atoms with E-state index in [1.807, 2.05) is 13.8 Å². The lowest BCUT2D eigenvalue weighted by atomic mass is 9.87. The molecule has 0 saturated carbocycles. The Hall–Kier alpha value is -1.23. The van der Waals surface area contributed by atoms with Gasteiger partial charge >= 0.3 is 0 Å². The van der Waals surface area contributed by atoms with Gasteiger partial charge < -0.3 is 4.90 Å². The molecule has 0 spiro atoms. The minimum absolute atomic E-state index is 0.0158. The van der Waals surface area contributed by atoms with Crippen molar-refractivity contribution < 1.29 is 14.0 Å². The maximum atomic E-state index is 13.1. The summed E-state index contributed by atoms with van der Waals surface area (Å²) in [6.45, 7) is 4.18. The standard InChI is InChI=1S/C15H17BrFNO2/c1-9(2)14(19)11-4-3-7-18(15(11)20)13-6-5-10(17)8-12(13)16/h5-6,8-9,11H,3-4,7H2,1-2H3/t11-/m0/s1. The van der Waals surface area contributed by atoms with Crippen LogP contribution >= 0.6 is 15.9 Å².